The van der Waals surface area contributed by atoms with Crippen LogP contribution in [0.2, 0.25) is 0 Å². The fourth-order valence-electron chi connectivity index (χ4n) is 7.10. The zero-order valence-corrected chi connectivity index (χ0v) is 31.3. The number of Topliss-reactive ketones (excluding diaryl/α,β-unsaturated/α-hetero) is 1. The number of nitrogens with one attached hydrogen (secondary N) is 2. The molecule has 1 atom stereocenters. The number of aryl methyl sites for hydroxylation is 1. The summed E-state index contributed by atoms with van der Waals surface area (Å²) in [6, 6.07) is 12.1. The van der Waals surface area contributed by atoms with E-state index in [1.807, 2.05) is 24.3 Å². The lowest BCUT2D eigenvalue weighted by Crippen LogP contribution is -2.31. The van der Waals surface area contributed by atoms with Crippen LogP contribution in [-0.2, 0) is 14.3 Å². The largest absolute Gasteiger partial charge is 0.462 e. The third-order valence-electron chi connectivity index (χ3n) is 10.2. The van der Waals surface area contributed by atoms with Crippen molar-refractivity contribution < 1.29 is 23.9 Å². The highest BCUT2D eigenvalue weighted by molar-refractivity contribution is 6.22. The average molecular weight is 691 g/mol. The van der Waals surface area contributed by atoms with Crippen molar-refractivity contribution in [3.05, 3.63) is 111 Å². The van der Waals surface area contributed by atoms with Crippen LogP contribution in [0.4, 0.5) is 5.69 Å². The Kier molecular flexibility index (Phi) is 13.1. The lowest BCUT2D eigenvalue weighted by atomic mass is 9.83. The zero-order valence-electron chi connectivity index (χ0n) is 31.3. The van der Waals surface area contributed by atoms with E-state index in [4.69, 9.17) is 9.47 Å². The molecular formula is C44H54N2O5. The second-order valence-corrected chi connectivity index (χ2v) is 13.9. The fourth-order valence-corrected chi connectivity index (χ4v) is 7.10. The summed E-state index contributed by atoms with van der Waals surface area (Å²) in [6.07, 6.45) is 14.8. The van der Waals surface area contributed by atoms with Gasteiger partial charge in [0.25, 0.3) is 0 Å². The molecule has 7 nitrogen and oxygen atoms in total. The van der Waals surface area contributed by atoms with Crippen LogP contribution >= 0.6 is 0 Å². The molecule has 0 saturated carbocycles. The Bertz CT molecular complexity index is 1820. The minimum Gasteiger partial charge on any atom is -0.462 e. The lowest BCUT2D eigenvalue weighted by Gasteiger charge is -2.31. The topological polar surface area (TPSA) is 93.7 Å². The fraction of sp³-hybridized carbons (Fsp3) is 0.432. The molecule has 0 bridgehead atoms. The van der Waals surface area contributed by atoms with Crippen LogP contribution in [0.25, 0.3) is 5.57 Å². The third kappa shape index (κ3) is 8.88. The van der Waals surface area contributed by atoms with Crippen molar-refractivity contribution in [1.29, 1.82) is 0 Å². The number of ether oxygens (including phenoxy) is 2. The maximum Gasteiger partial charge on any atom is 0.338 e. The highest BCUT2D eigenvalue weighted by Gasteiger charge is 2.31. The molecule has 3 aliphatic rings. The molecular weight excluding hydrogens is 636 g/mol. The van der Waals surface area contributed by atoms with E-state index >= 15 is 0 Å². The van der Waals surface area contributed by atoms with Crippen LogP contribution in [0, 0.1) is 6.92 Å². The predicted molar refractivity (Wildman–Crippen MR) is 206 cm³/mol. The number of likely N-dealkylation sites (N-methyl/N-ethyl adjacent to an activating group) is 1. The van der Waals surface area contributed by atoms with Crippen molar-refractivity contribution in [2.75, 3.05) is 25.0 Å². The average Bonchev–Trinajstić information content (AvgIpc) is 3.12. The summed E-state index contributed by atoms with van der Waals surface area (Å²) in [5.74, 6) is 1.24. The summed E-state index contributed by atoms with van der Waals surface area (Å²) < 4.78 is 12.4. The number of anilines is 1. The first kappa shape index (κ1) is 37.8. The molecule has 270 valence electrons. The van der Waals surface area contributed by atoms with Gasteiger partial charge in [-0.15, -0.1) is 0 Å². The van der Waals surface area contributed by atoms with Crippen molar-refractivity contribution in [2.45, 2.75) is 105 Å². The van der Waals surface area contributed by atoms with Gasteiger partial charge >= 0.3 is 5.97 Å². The molecule has 0 spiro atoms. The summed E-state index contributed by atoms with van der Waals surface area (Å²) in [6.45, 7) is 13.9. The van der Waals surface area contributed by atoms with Crippen molar-refractivity contribution in [3.8, 4) is 5.75 Å². The van der Waals surface area contributed by atoms with Crippen LogP contribution in [0.5, 0.6) is 5.75 Å². The molecule has 1 heterocycles. The van der Waals surface area contributed by atoms with Crippen LogP contribution < -0.4 is 15.4 Å². The summed E-state index contributed by atoms with van der Waals surface area (Å²) in [5.41, 5.74) is 9.46. The molecule has 0 amide bonds. The molecule has 1 aliphatic heterocycles. The van der Waals surface area contributed by atoms with Crippen LogP contribution in [0.1, 0.15) is 119 Å². The van der Waals surface area contributed by atoms with E-state index in [1.165, 1.54) is 11.6 Å². The van der Waals surface area contributed by atoms with Crippen LogP contribution in [0.15, 0.2) is 88.3 Å². The minimum absolute atomic E-state index is 0.0256. The number of unbranched alkanes of at least 4 members (excludes halogenated alkanes) is 7. The maximum atomic E-state index is 13.6. The van der Waals surface area contributed by atoms with E-state index in [0.717, 1.165) is 109 Å². The van der Waals surface area contributed by atoms with Gasteiger partial charge in [0.2, 0.25) is 0 Å². The molecule has 2 N–H and O–H groups in total. The first-order valence-electron chi connectivity index (χ1n) is 18.8. The van der Waals surface area contributed by atoms with Gasteiger partial charge < -0.3 is 20.1 Å². The molecule has 0 aromatic heterocycles. The Balaban J connectivity index is 1.17. The maximum absolute atomic E-state index is 13.6. The predicted octanol–water partition coefficient (Wildman–Crippen LogP) is 9.53. The summed E-state index contributed by atoms with van der Waals surface area (Å²) in [4.78, 5) is 38.1. The lowest BCUT2D eigenvalue weighted by molar-refractivity contribution is -0.116. The number of ketones is 2. The molecule has 7 heteroatoms. The quantitative estimate of drug-likeness (QED) is 0.0970. The van der Waals surface area contributed by atoms with Gasteiger partial charge in [-0.25, -0.2) is 4.79 Å². The van der Waals surface area contributed by atoms with Crippen molar-refractivity contribution >= 4 is 28.8 Å². The minimum atomic E-state index is -0.311. The van der Waals surface area contributed by atoms with Crippen molar-refractivity contribution in [2.24, 2.45) is 0 Å². The highest BCUT2D eigenvalue weighted by Crippen LogP contribution is 2.46. The Morgan fingerprint density at radius 1 is 0.824 bits per heavy atom. The second kappa shape index (κ2) is 17.6. The van der Waals surface area contributed by atoms with Crippen LogP contribution in [0.3, 0.4) is 0 Å². The number of hydrogen-bond donors (Lipinski definition) is 2. The SMILES string of the molecule is CCNc1cc2c(cc1C)C(c1ccccc1C(=O)OCCCCCCCCCCC1=CC(=O)C(C)=C(C)C1=O)=C1C=C(C)C(NCC)C=C1O2. The van der Waals surface area contributed by atoms with Crippen LogP contribution in [-0.4, -0.2) is 43.3 Å². The molecule has 0 saturated heterocycles. The van der Waals surface area contributed by atoms with E-state index in [1.54, 1.807) is 13.8 Å². The number of carbonyl (C=O) groups is 3. The Hall–Kier alpha value is -4.49. The monoisotopic (exact) mass is 690 g/mol. The molecule has 1 unspecified atom stereocenters. The summed E-state index contributed by atoms with van der Waals surface area (Å²) in [7, 11) is 0. The van der Waals surface area contributed by atoms with Gasteiger partial charge in [-0.05, 0) is 102 Å². The van der Waals surface area contributed by atoms with Gasteiger partial charge in [0.1, 0.15) is 11.5 Å². The normalized spacial score (nSPS) is 17.0. The van der Waals surface area contributed by atoms with Gasteiger partial charge in [-0.2, -0.15) is 0 Å². The molecule has 0 fully saturated rings. The smallest absolute Gasteiger partial charge is 0.338 e. The van der Waals surface area contributed by atoms with Gasteiger partial charge in [0.05, 0.1) is 18.2 Å². The molecule has 2 aromatic rings. The first-order valence-corrected chi connectivity index (χ1v) is 18.8. The molecule has 5 rings (SSSR count). The van der Waals surface area contributed by atoms with Gasteiger partial charge in [0.15, 0.2) is 11.6 Å². The van der Waals surface area contributed by atoms with Gasteiger partial charge in [0, 0.05) is 51.7 Å². The van der Waals surface area contributed by atoms with E-state index < -0.39 is 0 Å². The molecule has 2 aliphatic carbocycles. The number of hydrogen-bond acceptors (Lipinski definition) is 7. The number of esters is 1. The summed E-state index contributed by atoms with van der Waals surface area (Å²) >= 11 is 0. The number of allylic oxidation sites excluding steroid dienone is 5. The first-order chi connectivity index (χ1) is 24.6. The number of benzene rings is 2. The highest BCUT2D eigenvalue weighted by atomic mass is 16.5. The second-order valence-electron chi connectivity index (χ2n) is 13.9. The van der Waals surface area contributed by atoms with Crippen molar-refractivity contribution in [3.63, 3.8) is 0 Å². The van der Waals surface area contributed by atoms with E-state index in [2.05, 4.69) is 62.6 Å². The Morgan fingerprint density at radius 2 is 1.53 bits per heavy atom. The molecule has 51 heavy (non-hydrogen) atoms. The number of carbonyl (C=O) groups excluding carboxylic acids is 3. The van der Waals surface area contributed by atoms with Crippen molar-refractivity contribution in [1.82, 2.24) is 5.32 Å². The zero-order chi connectivity index (χ0) is 36.5. The molecule has 0 radical (unpaired) electrons. The Labute approximate surface area is 304 Å². The van der Waals surface area contributed by atoms with E-state index in [0.29, 0.717) is 35.3 Å². The van der Waals surface area contributed by atoms with Gasteiger partial charge in [-0.3, -0.25) is 9.59 Å². The van der Waals surface area contributed by atoms with E-state index in [-0.39, 0.29) is 23.6 Å². The molecule has 2 aromatic carbocycles. The van der Waals surface area contributed by atoms with Gasteiger partial charge in [-0.1, -0.05) is 69.2 Å². The number of rotatable bonds is 17. The standard InChI is InChI=1S/C44H54N2O5/c1-7-45-37-26-40-35(23-28(37)3)42(36-24-29(4)38(46-8-2)27-41(36)51-40)33-20-16-17-21-34(33)44(49)50-22-18-14-12-10-9-11-13-15-19-32-25-39(47)30(5)31(6)43(32)48/h16-17,20-21,23-27,37,45-46H,7-15,18-19,22H2,1-6H3. The van der Waals surface area contributed by atoms with E-state index in [9.17, 15) is 14.4 Å². The third-order valence-corrected chi connectivity index (χ3v) is 10.2. The summed E-state index contributed by atoms with van der Waals surface area (Å²) in [5, 5.41) is 6.98. The Morgan fingerprint density at radius 3 is 2.25 bits per heavy atom. The number of fused-ring (bicyclic) bond motifs is 2.